The molecule has 2 N–H and O–H groups in total. The van der Waals surface area contributed by atoms with Crippen molar-refractivity contribution in [1.82, 2.24) is 4.90 Å². The van der Waals surface area contributed by atoms with Gasteiger partial charge in [0.05, 0.1) is 6.04 Å². The summed E-state index contributed by atoms with van der Waals surface area (Å²) in [5, 5.41) is 0. The highest BCUT2D eigenvalue weighted by atomic mass is 19.1. The predicted octanol–water partition coefficient (Wildman–Crippen LogP) is 2.16. The standard InChI is InChI=1S/C14H21FN2O/c1-4-10(2)13(16)14(18)17(3)9-11-7-5-6-8-12(11)15/h5-8,10,13H,4,9,16H2,1-3H3. The van der Waals surface area contributed by atoms with Crippen molar-refractivity contribution in [2.45, 2.75) is 32.9 Å². The van der Waals surface area contributed by atoms with E-state index < -0.39 is 6.04 Å². The lowest BCUT2D eigenvalue weighted by molar-refractivity contribution is -0.133. The average molecular weight is 252 g/mol. The van der Waals surface area contributed by atoms with Crippen LogP contribution in [0.5, 0.6) is 0 Å². The fourth-order valence-corrected chi connectivity index (χ4v) is 1.71. The minimum absolute atomic E-state index is 0.126. The summed E-state index contributed by atoms with van der Waals surface area (Å²) in [4.78, 5) is 13.5. The Hall–Kier alpha value is -1.42. The van der Waals surface area contributed by atoms with Crippen LogP contribution in [0.4, 0.5) is 4.39 Å². The summed E-state index contributed by atoms with van der Waals surface area (Å²) in [7, 11) is 1.65. The van der Waals surface area contributed by atoms with Crippen LogP contribution < -0.4 is 5.73 Å². The molecule has 18 heavy (non-hydrogen) atoms. The zero-order chi connectivity index (χ0) is 13.7. The van der Waals surface area contributed by atoms with E-state index in [1.165, 1.54) is 11.0 Å². The molecule has 0 bridgehead atoms. The van der Waals surface area contributed by atoms with Gasteiger partial charge in [-0.25, -0.2) is 4.39 Å². The molecule has 0 aliphatic heterocycles. The maximum Gasteiger partial charge on any atom is 0.239 e. The number of amides is 1. The third-order valence-corrected chi connectivity index (χ3v) is 3.28. The van der Waals surface area contributed by atoms with Crippen LogP contribution in [0.3, 0.4) is 0 Å². The predicted molar refractivity (Wildman–Crippen MR) is 70.3 cm³/mol. The van der Waals surface area contributed by atoms with Crippen molar-refractivity contribution in [3.8, 4) is 0 Å². The SMILES string of the molecule is CCC(C)C(N)C(=O)N(C)Cc1ccccc1F. The van der Waals surface area contributed by atoms with Gasteiger partial charge in [-0.2, -0.15) is 0 Å². The first kappa shape index (κ1) is 14.6. The minimum Gasteiger partial charge on any atom is -0.340 e. The van der Waals surface area contributed by atoms with E-state index in [9.17, 15) is 9.18 Å². The fraction of sp³-hybridized carbons (Fsp3) is 0.500. The van der Waals surface area contributed by atoms with E-state index >= 15 is 0 Å². The van der Waals surface area contributed by atoms with Crippen molar-refractivity contribution < 1.29 is 9.18 Å². The third-order valence-electron chi connectivity index (χ3n) is 3.28. The molecule has 0 spiro atoms. The zero-order valence-corrected chi connectivity index (χ0v) is 11.2. The van der Waals surface area contributed by atoms with E-state index in [1.807, 2.05) is 13.8 Å². The molecule has 0 fully saturated rings. The highest BCUT2D eigenvalue weighted by Crippen LogP contribution is 2.12. The summed E-state index contributed by atoms with van der Waals surface area (Å²) in [6.45, 7) is 4.18. The molecule has 4 heteroatoms. The number of nitrogens with zero attached hydrogens (tertiary/aromatic N) is 1. The van der Waals surface area contributed by atoms with Gasteiger partial charge in [-0.05, 0) is 12.0 Å². The summed E-state index contributed by atoms with van der Waals surface area (Å²) >= 11 is 0. The lowest BCUT2D eigenvalue weighted by atomic mass is 9.99. The highest BCUT2D eigenvalue weighted by molar-refractivity contribution is 5.81. The van der Waals surface area contributed by atoms with Crippen molar-refractivity contribution >= 4 is 5.91 Å². The summed E-state index contributed by atoms with van der Waals surface area (Å²) in [5.41, 5.74) is 6.38. The molecule has 0 aromatic heterocycles. The van der Waals surface area contributed by atoms with Crippen molar-refractivity contribution in [2.75, 3.05) is 7.05 Å². The molecule has 0 aliphatic rings. The van der Waals surface area contributed by atoms with Crippen molar-refractivity contribution in [2.24, 2.45) is 11.7 Å². The number of rotatable bonds is 5. The lowest BCUT2D eigenvalue weighted by Crippen LogP contribution is -2.45. The Morgan fingerprint density at radius 3 is 2.61 bits per heavy atom. The van der Waals surface area contributed by atoms with Gasteiger partial charge >= 0.3 is 0 Å². The molecule has 100 valence electrons. The van der Waals surface area contributed by atoms with Crippen molar-refractivity contribution in [3.63, 3.8) is 0 Å². The number of benzene rings is 1. The summed E-state index contributed by atoms with van der Waals surface area (Å²) in [6.07, 6.45) is 0.848. The molecule has 0 heterocycles. The van der Waals surface area contributed by atoms with Gasteiger partial charge in [0.1, 0.15) is 5.82 Å². The minimum atomic E-state index is -0.522. The monoisotopic (exact) mass is 252 g/mol. The number of hydrogen-bond donors (Lipinski definition) is 1. The van der Waals surface area contributed by atoms with Gasteiger partial charge in [-0.1, -0.05) is 38.5 Å². The van der Waals surface area contributed by atoms with E-state index in [1.54, 1.807) is 25.2 Å². The fourth-order valence-electron chi connectivity index (χ4n) is 1.71. The Kier molecular flexibility index (Phi) is 5.28. The first-order chi connectivity index (χ1) is 8.47. The van der Waals surface area contributed by atoms with Crippen LogP contribution in [0.15, 0.2) is 24.3 Å². The second-order valence-corrected chi connectivity index (χ2v) is 4.70. The third kappa shape index (κ3) is 3.53. The second-order valence-electron chi connectivity index (χ2n) is 4.70. The Morgan fingerprint density at radius 1 is 1.44 bits per heavy atom. The van der Waals surface area contributed by atoms with Crippen LogP contribution in [0.2, 0.25) is 0 Å². The Labute approximate surface area is 108 Å². The first-order valence-electron chi connectivity index (χ1n) is 6.21. The maximum atomic E-state index is 13.5. The molecule has 0 radical (unpaired) electrons. The van der Waals surface area contributed by atoms with Crippen LogP contribution in [-0.4, -0.2) is 23.9 Å². The molecule has 2 atom stereocenters. The Bertz CT molecular complexity index is 409. The van der Waals surface area contributed by atoms with E-state index in [-0.39, 0.29) is 24.2 Å². The quantitative estimate of drug-likeness (QED) is 0.873. The Morgan fingerprint density at radius 2 is 2.06 bits per heavy atom. The van der Waals surface area contributed by atoms with Gasteiger partial charge in [0, 0.05) is 19.2 Å². The first-order valence-corrected chi connectivity index (χ1v) is 6.21. The molecule has 1 rings (SSSR count). The van der Waals surface area contributed by atoms with E-state index in [0.717, 1.165) is 6.42 Å². The van der Waals surface area contributed by atoms with Crippen LogP contribution >= 0.6 is 0 Å². The van der Waals surface area contributed by atoms with Gasteiger partial charge in [0.25, 0.3) is 0 Å². The van der Waals surface area contributed by atoms with Gasteiger partial charge in [0.2, 0.25) is 5.91 Å². The zero-order valence-electron chi connectivity index (χ0n) is 11.2. The van der Waals surface area contributed by atoms with Gasteiger partial charge in [0.15, 0.2) is 0 Å². The lowest BCUT2D eigenvalue weighted by Gasteiger charge is -2.24. The normalized spacial score (nSPS) is 14.1. The highest BCUT2D eigenvalue weighted by Gasteiger charge is 2.23. The van der Waals surface area contributed by atoms with Crippen LogP contribution in [0.25, 0.3) is 0 Å². The topological polar surface area (TPSA) is 46.3 Å². The summed E-state index contributed by atoms with van der Waals surface area (Å²) in [6, 6.07) is 5.93. The molecule has 0 saturated carbocycles. The smallest absolute Gasteiger partial charge is 0.239 e. The average Bonchev–Trinajstić information content (AvgIpc) is 2.38. The van der Waals surface area contributed by atoms with E-state index in [2.05, 4.69) is 0 Å². The van der Waals surface area contributed by atoms with E-state index in [4.69, 9.17) is 5.73 Å². The Balaban J connectivity index is 2.68. The molecule has 0 saturated heterocycles. The van der Waals surface area contributed by atoms with Gasteiger partial charge in [-0.3, -0.25) is 4.79 Å². The number of carbonyl (C=O) groups is 1. The molecule has 1 amide bonds. The van der Waals surface area contributed by atoms with Crippen LogP contribution in [-0.2, 0) is 11.3 Å². The summed E-state index contributed by atoms with van der Waals surface area (Å²) in [5.74, 6) is -0.317. The van der Waals surface area contributed by atoms with Crippen molar-refractivity contribution in [3.05, 3.63) is 35.6 Å². The molecule has 3 nitrogen and oxygen atoms in total. The molecule has 2 unspecified atom stereocenters. The van der Waals surface area contributed by atoms with Crippen molar-refractivity contribution in [1.29, 1.82) is 0 Å². The largest absolute Gasteiger partial charge is 0.340 e. The van der Waals surface area contributed by atoms with E-state index in [0.29, 0.717) is 5.56 Å². The van der Waals surface area contributed by atoms with Gasteiger partial charge in [-0.15, -0.1) is 0 Å². The second kappa shape index (κ2) is 6.50. The maximum absolute atomic E-state index is 13.5. The van der Waals surface area contributed by atoms with Crippen LogP contribution in [0, 0.1) is 11.7 Å². The number of carbonyl (C=O) groups excluding carboxylic acids is 1. The number of halogens is 1. The summed E-state index contributed by atoms with van der Waals surface area (Å²) < 4.78 is 13.5. The molecule has 1 aromatic rings. The number of likely N-dealkylation sites (N-methyl/N-ethyl adjacent to an activating group) is 1. The number of hydrogen-bond acceptors (Lipinski definition) is 2. The van der Waals surface area contributed by atoms with Gasteiger partial charge < -0.3 is 10.6 Å². The molecular formula is C14H21FN2O. The van der Waals surface area contributed by atoms with Crippen LogP contribution in [0.1, 0.15) is 25.8 Å². The molecule has 1 aromatic carbocycles. The molecular weight excluding hydrogens is 231 g/mol. The number of nitrogens with two attached hydrogens (primary N) is 1. The molecule has 0 aliphatic carbocycles.